The standard InChI is InChI=1S/C15H23NO3/c1-9(2)13-8-19-15(18)16(13)14(17)12-6-5-10(3)7-11(12)4/h7,9,11-13H,5-6,8H2,1-4H3/t11-,12+,13+/m0/s1. The molecule has 1 aliphatic heterocycles. The second-order valence-corrected chi connectivity index (χ2v) is 6.11. The number of imide groups is 1. The summed E-state index contributed by atoms with van der Waals surface area (Å²) in [5.41, 5.74) is 1.33. The van der Waals surface area contributed by atoms with Gasteiger partial charge in [0.2, 0.25) is 5.91 Å². The van der Waals surface area contributed by atoms with Crippen molar-refractivity contribution in [3.63, 3.8) is 0 Å². The van der Waals surface area contributed by atoms with Gasteiger partial charge in [0.1, 0.15) is 6.61 Å². The smallest absolute Gasteiger partial charge is 0.416 e. The van der Waals surface area contributed by atoms with Gasteiger partial charge in [0.05, 0.1) is 6.04 Å². The minimum absolute atomic E-state index is 0.0579. The van der Waals surface area contributed by atoms with Gasteiger partial charge in [-0.15, -0.1) is 0 Å². The third-order valence-electron chi connectivity index (χ3n) is 4.26. The van der Waals surface area contributed by atoms with E-state index in [4.69, 9.17) is 4.74 Å². The molecule has 0 aromatic rings. The summed E-state index contributed by atoms with van der Waals surface area (Å²) in [6.07, 6.45) is 3.45. The molecule has 2 aliphatic rings. The highest BCUT2D eigenvalue weighted by Crippen LogP contribution is 2.32. The van der Waals surface area contributed by atoms with E-state index in [0.717, 1.165) is 12.8 Å². The lowest BCUT2D eigenvalue weighted by atomic mass is 9.81. The third kappa shape index (κ3) is 2.67. The molecule has 4 nitrogen and oxygen atoms in total. The van der Waals surface area contributed by atoms with Crippen LogP contribution >= 0.6 is 0 Å². The largest absolute Gasteiger partial charge is 0.447 e. The SMILES string of the molecule is CC1=C[C@H](C)[C@H](C(=O)N2C(=O)OC[C@@H]2C(C)C)CC1. The number of amides is 2. The van der Waals surface area contributed by atoms with Crippen LogP contribution < -0.4 is 0 Å². The van der Waals surface area contributed by atoms with E-state index in [1.807, 2.05) is 13.8 Å². The van der Waals surface area contributed by atoms with E-state index in [-0.39, 0.29) is 29.7 Å². The van der Waals surface area contributed by atoms with Gasteiger partial charge in [0.15, 0.2) is 0 Å². The minimum atomic E-state index is -0.470. The Hall–Kier alpha value is -1.32. The Morgan fingerprint density at radius 1 is 1.47 bits per heavy atom. The van der Waals surface area contributed by atoms with E-state index in [2.05, 4.69) is 19.9 Å². The van der Waals surface area contributed by atoms with Gasteiger partial charge >= 0.3 is 6.09 Å². The molecular weight excluding hydrogens is 242 g/mol. The van der Waals surface area contributed by atoms with Gasteiger partial charge in [-0.3, -0.25) is 4.79 Å². The summed E-state index contributed by atoms with van der Waals surface area (Å²) in [5, 5.41) is 0. The molecule has 1 heterocycles. The van der Waals surface area contributed by atoms with Crippen LogP contribution in [-0.4, -0.2) is 29.5 Å². The number of ether oxygens (including phenoxy) is 1. The topological polar surface area (TPSA) is 46.6 Å². The molecule has 3 atom stereocenters. The van der Waals surface area contributed by atoms with Crippen molar-refractivity contribution < 1.29 is 14.3 Å². The lowest BCUT2D eigenvalue weighted by Crippen LogP contribution is -2.46. The first-order valence-electron chi connectivity index (χ1n) is 7.09. The van der Waals surface area contributed by atoms with Crippen molar-refractivity contribution in [2.75, 3.05) is 6.61 Å². The molecule has 0 N–H and O–H groups in total. The summed E-state index contributed by atoms with van der Waals surface area (Å²) in [6, 6.07) is -0.112. The summed E-state index contributed by atoms with van der Waals surface area (Å²) in [7, 11) is 0. The number of rotatable bonds is 2. The molecule has 0 bridgehead atoms. The van der Waals surface area contributed by atoms with Crippen molar-refractivity contribution in [3.8, 4) is 0 Å². The maximum absolute atomic E-state index is 12.6. The number of carbonyl (C=O) groups excluding carboxylic acids is 2. The molecule has 4 heteroatoms. The van der Waals surface area contributed by atoms with Gasteiger partial charge in [-0.25, -0.2) is 9.69 Å². The maximum Gasteiger partial charge on any atom is 0.416 e. The first kappa shape index (κ1) is 14.1. The number of nitrogens with zero attached hydrogens (tertiary/aromatic N) is 1. The van der Waals surface area contributed by atoms with Crippen LogP contribution in [0.25, 0.3) is 0 Å². The predicted octanol–water partition coefficient (Wildman–Crippen LogP) is 2.98. The quantitative estimate of drug-likeness (QED) is 0.721. The van der Waals surface area contributed by atoms with Crippen LogP contribution in [0.4, 0.5) is 4.79 Å². The predicted molar refractivity (Wildman–Crippen MR) is 72.5 cm³/mol. The monoisotopic (exact) mass is 265 g/mol. The van der Waals surface area contributed by atoms with Gasteiger partial charge in [-0.05, 0) is 31.6 Å². The van der Waals surface area contributed by atoms with Crippen molar-refractivity contribution in [1.82, 2.24) is 4.90 Å². The van der Waals surface area contributed by atoms with Crippen molar-refractivity contribution in [2.45, 2.75) is 46.6 Å². The second-order valence-electron chi connectivity index (χ2n) is 6.11. The Morgan fingerprint density at radius 2 is 2.16 bits per heavy atom. The fourth-order valence-corrected chi connectivity index (χ4v) is 3.00. The van der Waals surface area contributed by atoms with E-state index < -0.39 is 6.09 Å². The molecule has 0 saturated carbocycles. The molecule has 19 heavy (non-hydrogen) atoms. The zero-order valence-corrected chi connectivity index (χ0v) is 12.2. The van der Waals surface area contributed by atoms with Crippen molar-refractivity contribution >= 4 is 12.0 Å². The molecule has 1 saturated heterocycles. The lowest BCUT2D eigenvalue weighted by Gasteiger charge is -2.31. The Kier molecular flexibility index (Phi) is 3.97. The van der Waals surface area contributed by atoms with Crippen LogP contribution in [0.3, 0.4) is 0 Å². The van der Waals surface area contributed by atoms with Crippen LogP contribution in [-0.2, 0) is 9.53 Å². The maximum atomic E-state index is 12.6. The molecule has 0 unspecified atom stereocenters. The summed E-state index contributed by atoms with van der Waals surface area (Å²) in [5.74, 6) is 0.280. The Labute approximate surface area is 114 Å². The summed E-state index contributed by atoms with van der Waals surface area (Å²) in [4.78, 5) is 25.8. The summed E-state index contributed by atoms with van der Waals surface area (Å²) < 4.78 is 5.06. The lowest BCUT2D eigenvalue weighted by molar-refractivity contribution is -0.135. The molecular formula is C15H23NO3. The van der Waals surface area contributed by atoms with E-state index in [1.165, 1.54) is 10.5 Å². The summed E-state index contributed by atoms with van der Waals surface area (Å²) in [6.45, 7) is 8.51. The van der Waals surface area contributed by atoms with Gasteiger partial charge in [0.25, 0.3) is 0 Å². The zero-order valence-electron chi connectivity index (χ0n) is 12.2. The molecule has 1 fully saturated rings. The number of carbonyl (C=O) groups is 2. The molecule has 0 aromatic heterocycles. The van der Waals surface area contributed by atoms with E-state index >= 15 is 0 Å². The van der Waals surface area contributed by atoms with Crippen molar-refractivity contribution in [3.05, 3.63) is 11.6 Å². The highest BCUT2D eigenvalue weighted by Gasteiger charge is 2.43. The van der Waals surface area contributed by atoms with Crippen LogP contribution in [0.1, 0.15) is 40.5 Å². The van der Waals surface area contributed by atoms with E-state index in [9.17, 15) is 9.59 Å². The Morgan fingerprint density at radius 3 is 2.74 bits per heavy atom. The molecule has 2 rings (SSSR count). The number of allylic oxidation sites excluding steroid dienone is 2. The van der Waals surface area contributed by atoms with Gasteiger partial charge in [0, 0.05) is 5.92 Å². The number of hydrogen-bond donors (Lipinski definition) is 0. The van der Waals surface area contributed by atoms with Crippen LogP contribution in [0.15, 0.2) is 11.6 Å². The Balaban J connectivity index is 2.16. The zero-order chi connectivity index (χ0) is 14.2. The van der Waals surface area contributed by atoms with E-state index in [0.29, 0.717) is 6.61 Å². The fraction of sp³-hybridized carbons (Fsp3) is 0.733. The Bertz CT molecular complexity index is 414. The van der Waals surface area contributed by atoms with Gasteiger partial charge < -0.3 is 4.74 Å². The second kappa shape index (κ2) is 5.35. The third-order valence-corrected chi connectivity index (χ3v) is 4.26. The van der Waals surface area contributed by atoms with Gasteiger partial charge in [-0.2, -0.15) is 0 Å². The number of cyclic esters (lactones) is 1. The summed E-state index contributed by atoms with van der Waals surface area (Å²) >= 11 is 0. The highest BCUT2D eigenvalue weighted by atomic mass is 16.6. The average Bonchev–Trinajstić information content (AvgIpc) is 2.70. The molecule has 0 radical (unpaired) electrons. The molecule has 1 aliphatic carbocycles. The van der Waals surface area contributed by atoms with Crippen molar-refractivity contribution in [2.24, 2.45) is 17.8 Å². The van der Waals surface area contributed by atoms with Gasteiger partial charge in [-0.1, -0.05) is 32.4 Å². The first-order valence-corrected chi connectivity index (χ1v) is 7.09. The normalized spacial score (nSPS) is 31.4. The van der Waals surface area contributed by atoms with E-state index in [1.54, 1.807) is 0 Å². The van der Waals surface area contributed by atoms with Crippen LogP contribution in [0, 0.1) is 17.8 Å². The highest BCUT2D eigenvalue weighted by molar-refractivity contribution is 5.95. The average molecular weight is 265 g/mol. The minimum Gasteiger partial charge on any atom is -0.447 e. The van der Waals surface area contributed by atoms with Crippen LogP contribution in [0.5, 0.6) is 0 Å². The molecule has 2 amide bonds. The van der Waals surface area contributed by atoms with Crippen molar-refractivity contribution in [1.29, 1.82) is 0 Å². The number of hydrogen-bond acceptors (Lipinski definition) is 3. The molecule has 0 spiro atoms. The molecule has 106 valence electrons. The van der Waals surface area contributed by atoms with Crippen LogP contribution in [0.2, 0.25) is 0 Å². The molecule has 0 aromatic carbocycles. The first-order chi connectivity index (χ1) is 8.91. The fourth-order valence-electron chi connectivity index (χ4n) is 3.00.